The van der Waals surface area contributed by atoms with Crippen molar-refractivity contribution < 1.29 is 4.79 Å². The maximum Gasteiger partial charge on any atom is 0.323 e. The molecular formula is C19H16N2O. The molecule has 0 fully saturated rings. The number of anilines is 1. The van der Waals surface area contributed by atoms with Gasteiger partial charge in [-0.25, -0.2) is 4.79 Å². The number of benzene rings is 3. The average molecular weight is 288 g/mol. The highest BCUT2D eigenvalue weighted by Gasteiger charge is 2.03. The second-order valence-corrected chi connectivity index (χ2v) is 4.87. The van der Waals surface area contributed by atoms with Crippen molar-refractivity contribution in [1.82, 2.24) is 5.32 Å². The van der Waals surface area contributed by atoms with Gasteiger partial charge >= 0.3 is 6.03 Å². The molecule has 3 heteroatoms. The molecule has 3 aromatic carbocycles. The van der Waals surface area contributed by atoms with Gasteiger partial charge in [0.1, 0.15) is 0 Å². The number of urea groups is 1. The molecule has 2 amide bonds. The van der Waals surface area contributed by atoms with Crippen molar-refractivity contribution in [2.45, 2.75) is 0 Å². The smallest absolute Gasteiger partial charge is 0.314 e. The van der Waals surface area contributed by atoms with Gasteiger partial charge in [-0.2, -0.15) is 0 Å². The molecule has 0 spiro atoms. The van der Waals surface area contributed by atoms with Crippen LogP contribution in [0.25, 0.3) is 16.8 Å². The van der Waals surface area contributed by atoms with Gasteiger partial charge in [-0.1, -0.05) is 66.7 Å². The molecule has 0 unspecified atom stereocenters. The first-order valence-corrected chi connectivity index (χ1v) is 7.10. The van der Waals surface area contributed by atoms with Gasteiger partial charge in [-0.15, -0.1) is 0 Å². The first-order chi connectivity index (χ1) is 10.8. The molecule has 0 radical (unpaired) electrons. The van der Waals surface area contributed by atoms with E-state index < -0.39 is 0 Å². The third-order valence-electron chi connectivity index (χ3n) is 3.33. The number of rotatable bonds is 3. The first-order valence-electron chi connectivity index (χ1n) is 7.10. The lowest BCUT2D eigenvalue weighted by Gasteiger charge is -2.08. The van der Waals surface area contributed by atoms with Crippen LogP contribution < -0.4 is 10.6 Å². The van der Waals surface area contributed by atoms with E-state index in [1.54, 1.807) is 6.20 Å². The maximum atomic E-state index is 12.0. The lowest BCUT2D eigenvalue weighted by molar-refractivity contribution is 0.255. The number of hydrogen-bond donors (Lipinski definition) is 2. The molecule has 2 N–H and O–H groups in total. The highest BCUT2D eigenvalue weighted by Crippen LogP contribution is 2.22. The highest BCUT2D eigenvalue weighted by atomic mass is 16.2. The number of amides is 2. The largest absolute Gasteiger partial charge is 0.323 e. The Bertz CT molecular complexity index is 805. The predicted octanol–water partition coefficient (Wildman–Crippen LogP) is 4.63. The van der Waals surface area contributed by atoms with Crippen molar-refractivity contribution >= 4 is 28.6 Å². The van der Waals surface area contributed by atoms with Crippen LogP contribution in [0.5, 0.6) is 0 Å². The van der Waals surface area contributed by atoms with Crippen LogP contribution in [0.15, 0.2) is 79.0 Å². The molecule has 3 nitrogen and oxygen atoms in total. The molecule has 0 bridgehead atoms. The summed E-state index contributed by atoms with van der Waals surface area (Å²) in [5.41, 5.74) is 1.83. The van der Waals surface area contributed by atoms with Crippen molar-refractivity contribution in [3.05, 3.63) is 84.6 Å². The Morgan fingerprint density at radius 2 is 1.55 bits per heavy atom. The van der Waals surface area contributed by atoms with Crippen LogP contribution in [-0.4, -0.2) is 6.03 Å². The molecule has 0 saturated heterocycles. The molecule has 0 aliphatic rings. The normalized spacial score (nSPS) is 10.7. The van der Waals surface area contributed by atoms with Gasteiger partial charge < -0.3 is 10.6 Å². The summed E-state index contributed by atoms with van der Waals surface area (Å²) in [5.74, 6) is 0. The van der Waals surface area contributed by atoms with Crippen molar-refractivity contribution in [3.8, 4) is 0 Å². The molecule has 3 aromatic rings. The number of carbonyl (C=O) groups excluding carboxylic acids is 1. The second kappa shape index (κ2) is 6.59. The van der Waals surface area contributed by atoms with E-state index >= 15 is 0 Å². The fraction of sp³-hybridized carbons (Fsp3) is 0. The van der Waals surface area contributed by atoms with Crippen LogP contribution in [0.4, 0.5) is 10.5 Å². The summed E-state index contributed by atoms with van der Waals surface area (Å²) in [6, 6.07) is 23.3. The molecule has 0 aromatic heterocycles. The van der Waals surface area contributed by atoms with Crippen molar-refractivity contribution in [2.75, 3.05) is 5.32 Å². The summed E-state index contributed by atoms with van der Waals surface area (Å²) in [6.07, 6.45) is 3.48. The number of hydrogen-bond acceptors (Lipinski definition) is 1. The van der Waals surface area contributed by atoms with Crippen molar-refractivity contribution in [2.24, 2.45) is 0 Å². The van der Waals surface area contributed by atoms with E-state index in [0.29, 0.717) is 0 Å². The minimum Gasteiger partial charge on any atom is -0.314 e. The van der Waals surface area contributed by atoms with Crippen molar-refractivity contribution in [3.63, 3.8) is 0 Å². The number of carbonyl (C=O) groups is 1. The predicted molar refractivity (Wildman–Crippen MR) is 91.6 cm³/mol. The first kappa shape index (κ1) is 13.9. The van der Waals surface area contributed by atoms with Crippen molar-refractivity contribution in [1.29, 1.82) is 0 Å². The minimum atomic E-state index is -0.261. The summed E-state index contributed by atoms with van der Waals surface area (Å²) < 4.78 is 0. The molecule has 0 aliphatic heterocycles. The van der Waals surface area contributed by atoms with E-state index in [1.807, 2.05) is 78.9 Å². The molecular weight excluding hydrogens is 272 g/mol. The van der Waals surface area contributed by atoms with Gasteiger partial charge in [0.05, 0.1) is 5.69 Å². The van der Waals surface area contributed by atoms with Gasteiger partial charge in [0.15, 0.2) is 0 Å². The Kier molecular flexibility index (Phi) is 4.16. The number of nitrogens with one attached hydrogen (secondary N) is 2. The van der Waals surface area contributed by atoms with Gasteiger partial charge in [0.2, 0.25) is 0 Å². The van der Waals surface area contributed by atoms with E-state index in [-0.39, 0.29) is 6.03 Å². The lowest BCUT2D eigenvalue weighted by Crippen LogP contribution is -2.23. The summed E-state index contributed by atoms with van der Waals surface area (Å²) in [6.45, 7) is 0. The second-order valence-electron chi connectivity index (χ2n) is 4.87. The van der Waals surface area contributed by atoms with Crippen LogP contribution in [0.2, 0.25) is 0 Å². The topological polar surface area (TPSA) is 41.1 Å². The summed E-state index contributed by atoms with van der Waals surface area (Å²) in [7, 11) is 0. The molecule has 22 heavy (non-hydrogen) atoms. The van der Waals surface area contributed by atoms with Crippen LogP contribution in [-0.2, 0) is 0 Å². The summed E-state index contributed by atoms with van der Waals surface area (Å²) >= 11 is 0. The van der Waals surface area contributed by atoms with E-state index in [4.69, 9.17) is 0 Å². The molecule has 0 aliphatic carbocycles. The van der Waals surface area contributed by atoms with E-state index in [0.717, 1.165) is 22.0 Å². The zero-order valence-electron chi connectivity index (χ0n) is 12.0. The molecule has 0 atom stereocenters. The highest BCUT2D eigenvalue weighted by molar-refractivity contribution is 6.01. The van der Waals surface area contributed by atoms with Crippen LogP contribution in [0, 0.1) is 0 Å². The third kappa shape index (κ3) is 3.33. The van der Waals surface area contributed by atoms with Gasteiger partial charge in [-0.3, -0.25) is 0 Å². The molecule has 108 valence electrons. The van der Waals surface area contributed by atoms with Gasteiger partial charge in [-0.05, 0) is 23.1 Å². The molecule has 0 saturated carbocycles. The monoisotopic (exact) mass is 288 g/mol. The van der Waals surface area contributed by atoms with E-state index in [9.17, 15) is 4.79 Å². The fourth-order valence-corrected chi connectivity index (χ4v) is 2.27. The quantitative estimate of drug-likeness (QED) is 0.724. The standard InChI is InChI=1S/C19H16N2O/c22-19(20-14-13-15-7-2-1-3-8-15)21-18-12-6-10-16-9-4-5-11-17(16)18/h1-14H,(H2,20,21,22)/b14-13+. The number of fused-ring (bicyclic) bond motifs is 1. The van der Waals surface area contributed by atoms with Crippen LogP contribution in [0.3, 0.4) is 0 Å². The fourth-order valence-electron chi connectivity index (χ4n) is 2.27. The summed E-state index contributed by atoms with van der Waals surface area (Å²) in [4.78, 5) is 12.0. The maximum absolute atomic E-state index is 12.0. The zero-order chi connectivity index (χ0) is 15.2. The Morgan fingerprint density at radius 1 is 0.818 bits per heavy atom. The Balaban J connectivity index is 1.67. The summed E-state index contributed by atoms with van der Waals surface area (Å²) in [5, 5.41) is 7.70. The average Bonchev–Trinajstić information content (AvgIpc) is 2.56. The lowest BCUT2D eigenvalue weighted by atomic mass is 10.1. The molecule has 0 heterocycles. The van der Waals surface area contributed by atoms with Crippen LogP contribution in [0.1, 0.15) is 5.56 Å². The zero-order valence-corrected chi connectivity index (χ0v) is 12.0. The SMILES string of the molecule is O=C(N/C=C/c1ccccc1)Nc1cccc2ccccc12. The van der Waals surface area contributed by atoms with Gasteiger partial charge in [0, 0.05) is 11.6 Å². The van der Waals surface area contributed by atoms with E-state index in [2.05, 4.69) is 10.6 Å². The van der Waals surface area contributed by atoms with Crippen LogP contribution >= 0.6 is 0 Å². The minimum absolute atomic E-state index is 0.261. The Labute approximate surface area is 129 Å². The Hall–Kier alpha value is -3.07. The third-order valence-corrected chi connectivity index (χ3v) is 3.33. The van der Waals surface area contributed by atoms with E-state index in [1.165, 1.54) is 0 Å². The molecule has 3 rings (SSSR count). The van der Waals surface area contributed by atoms with Gasteiger partial charge in [0.25, 0.3) is 0 Å². The Morgan fingerprint density at radius 3 is 2.41 bits per heavy atom.